The topological polar surface area (TPSA) is 64.7 Å². The molecule has 0 aliphatic carbocycles. The lowest BCUT2D eigenvalue weighted by Crippen LogP contribution is -2.01. The van der Waals surface area contributed by atoms with Crippen molar-refractivity contribution < 1.29 is 4.42 Å². The Morgan fingerprint density at radius 2 is 0.941 bits per heavy atom. The molecule has 5 nitrogen and oxygen atoms in total. The molecule has 0 fully saturated rings. The summed E-state index contributed by atoms with van der Waals surface area (Å²) in [6.45, 7) is 0. The standard InChI is InChI=1S/C46H28N4O/c1-3-14-30(15-4-1)43-48-44(31-16-5-2-6-17-31)50-45(49-43)38-21-11-10-20-36(38)37-26-25-35(33-24-23-29-13-7-8-18-32(29)27-33)42-41(37)39-28-34-19-9-12-22-40(34)47-46(39)51-42/h1-28H. The average molecular weight is 653 g/mol. The van der Waals surface area contributed by atoms with Gasteiger partial charge in [0.2, 0.25) is 5.71 Å². The molecule has 0 amide bonds. The number of benzene rings is 7. The van der Waals surface area contributed by atoms with Gasteiger partial charge in [0.15, 0.2) is 17.5 Å². The van der Waals surface area contributed by atoms with Crippen LogP contribution in [-0.2, 0) is 0 Å². The number of rotatable bonds is 5. The highest BCUT2D eigenvalue weighted by Crippen LogP contribution is 2.44. The van der Waals surface area contributed by atoms with E-state index in [2.05, 4.69) is 84.9 Å². The van der Waals surface area contributed by atoms with Gasteiger partial charge >= 0.3 is 0 Å². The highest BCUT2D eigenvalue weighted by Gasteiger charge is 2.22. The largest absolute Gasteiger partial charge is 0.437 e. The summed E-state index contributed by atoms with van der Waals surface area (Å²) in [7, 11) is 0. The summed E-state index contributed by atoms with van der Waals surface area (Å²) in [5.74, 6) is 1.84. The SMILES string of the molecule is c1ccc(-c2nc(-c3ccccc3)nc(-c3ccccc3-c3ccc(-c4ccc5ccccc5c4)c4oc5nc6ccccc6cc5c34)n2)cc1. The molecule has 5 heteroatoms. The van der Waals surface area contributed by atoms with Gasteiger partial charge in [-0.05, 0) is 51.7 Å². The van der Waals surface area contributed by atoms with E-state index in [1.807, 2.05) is 84.9 Å². The molecule has 0 unspecified atom stereocenters. The lowest BCUT2D eigenvalue weighted by molar-refractivity contribution is 0.657. The summed E-state index contributed by atoms with van der Waals surface area (Å²) in [4.78, 5) is 20.1. The second-order valence-corrected chi connectivity index (χ2v) is 12.6. The summed E-state index contributed by atoms with van der Waals surface area (Å²) in [6.07, 6.45) is 0. The molecule has 0 spiro atoms. The highest BCUT2D eigenvalue weighted by atomic mass is 16.3. The zero-order valence-corrected chi connectivity index (χ0v) is 27.4. The molecule has 51 heavy (non-hydrogen) atoms. The summed E-state index contributed by atoms with van der Waals surface area (Å²) >= 11 is 0. The van der Waals surface area contributed by atoms with E-state index in [9.17, 15) is 0 Å². The van der Waals surface area contributed by atoms with Gasteiger partial charge < -0.3 is 4.42 Å². The predicted octanol–water partition coefficient (Wildman–Crippen LogP) is 11.8. The van der Waals surface area contributed by atoms with Gasteiger partial charge in [-0.15, -0.1) is 0 Å². The fourth-order valence-corrected chi connectivity index (χ4v) is 7.06. The molecule has 0 N–H and O–H groups in total. The average Bonchev–Trinajstić information content (AvgIpc) is 3.58. The van der Waals surface area contributed by atoms with Gasteiger partial charge in [-0.3, -0.25) is 0 Å². The minimum absolute atomic E-state index is 0.599. The molecule has 238 valence electrons. The van der Waals surface area contributed by atoms with Crippen molar-refractivity contribution in [1.29, 1.82) is 0 Å². The lowest BCUT2D eigenvalue weighted by atomic mass is 9.91. The number of pyridine rings is 1. The fourth-order valence-electron chi connectivity index (χ4n) is 7.06. The maximum atomic E-state index is 6.77. The maximum Gasteiger partial charge on any atom is 0.227 e. The van der Waals surface area contributed by atoms with Crippen LogP contribution in [0.2, 0.25) is 0 Å². The Morgan fingerprint density at radius 1 is 0.353 bits per heavy atom. The van der Waals surface area contributed by atoms with Crippen LogP contribution in [0.1, 0.15) is 0 Å². The molecule has 0 atom stereocenters. The van der Waals surface area contributed by atoms with Crippen LogP contribution in [0.4, 0.5) is 0 Å². The smallest absolute Gasteiger partial charge is 0.227 e. The highest BCUT2D eigenvalue weighted by molar-refractivity contribution is 6.18. The first-order valence-corrected chi connectivity index (χ1v) is 17.0. The Hall–Kier alpha value is -6.98. The van der Waals surface area contributed by atoms with Gasteiger partial charge in [0.05, 0.1) is 5.52 Å². The fraction of sp³-hybridized carbons (Fsp3) is 0. The Labute approximate surface area is 293 Å². The molecule has 7 aromatic carbocycles. The van der Waals surface area contributed by atoms with Crippen molar-refractivity contribution in [1.82, 2.24) is 19.9 Å². The van der Waals surface area contributed by atoms with Crippen LogP contribution in [0.5, 0.6) is 0 Å². The van der Waals surface area contributed by atoms with E-state index in [-0.39, 0.29) is 0 Å². The van der Waals surface area contributed by atoms with Crippen molar-refractivity contribution in [2.24, 2.45) is 0 Å². The van der Waals surface area contributed by atoms with E-state index in [0.717, 1.165) is 66.2 Å². The number of furan rings is 1. The third kappa shape index (κ3) is 5.03. The molecule has 0 radical (unpaired) electrons. The summed E-state index contributed by atoms with van der Waals surface area (Å²) in [6, 6.07) is 58.2. The third-order valence-electron chi connectivity index (χ3n) is 9.53. The first-order valence-electron chi connectivity index (χ1n) is 17.0. The molecule has 0 bridgehead atoms. The van der Waals surface area contributed by atoms with E-state index < -0.39 is 0 Å². The van der Waals surface area contributed by atoms with Gasteiger partial charge in [-0.2, -0.15) is 0 Å². The quantitative estimate of drug-likeness (QED) is 0.185. The Balaban J connectivity index is 1.25. The maximum absolute atomic E-state index is 6.77. The molecule has 0 saturated carbocycles. The first kappa shape index (κ1) is 29.0. The molecule has 10 aromatic rings. The Bertz CT molecular complexity index is 2860. The van der Waals surface area contributed by atoms with Crippen molar-refractivity contribution in [2.75, 3.05) is 0 Å². The van der Waals surface area contributed by atoms with Gasteiger partial charge in [-0.25, -0.2) is 19.9 Å². The van der Waals surface area contributed by atoms with Crippen LogP contribution >= 0.6 is 0 Å². The second kappa shape index (κ2) is 11.9. The molecule has 0 aliphatic heterocycles. The molecular formula is C46H28N4O. The van der Waals surface area contributed by atoms with E-state index in [0.29, 0.717) is 23.2 Å². The first-order chi connectivity index (χ1) is 25.3. The summed E-state index contributed by atoms with van der Waals surface area (Å²) in [5, 5.41) is 5.39. The van der Waals surface area contributed by atoms with Crippen LogP contribution in [-0.4, -0.2) is 19.9 Å². The summed E-state index contributed by atoms with van der Waals surface area (Å²) < 4.78 is 6.77. The van der Waals surface area contributed by atoms with Crippen LogP contribution < -0.4 is 0 Å². The van der Waals surface area contributed by atoms with Crippen LogP contribution in [0, 0.1) is 0 Å². The zero-order chi connectivity index (χ0) is 33.7. The van der Waals surface area contributed by atoms with Crippen LogP contribution in [0.15, 0.2) is 174 Å². The molecule has 3 aromatic heterocycles. The van der Waals surface area contributed by atoms with Crippen molar-refractivity contribution in [3.05, 3.63) is 170 Å². The molecule has 0 aliphatic rings. The minimum Gasteiger partial charge on any atom is -0.437 e. The van der Waals surface area contributed by atoms with Crippen LogP contribution in [0.25, 0.3) is 100 Å². The van der Waals surface area contributed by atoms with Crippen molar-refractivity contribution in [3.63, 3.8) is 0 Å². The summed E-state index contributed by atoms with van der Waals surface area (Å²) in [5.41, 5.74) is 9.15. The Morgan fingerprint density at radius 3 is 1.69 bits per heavy atom. The molecular weight excluding hydrogens is 625 g/mol. The van der Waals surface area contributed by atoms with Gasteiger partial charge in [-0.1, -0.05) is 146 Å². The molecule has 3 heterocycles. The van der Waals surface area contributed by atoms with E-state index in [1.54, 1.807) is 0 Å². The van der Waals surface area contributed by atoms with Gasteiger partial charge in [0.25, 0.3) is 0 Å². The number of aromatic nitrogens is 4. The lowest BCUT2D eigenvalue weighted by Gasteiger charge is -2.14. The second-order valence-electron chi connectivity index (χ2n) is 12.6. The van der Waals surface area contributed by atoms with Crippen molar-refractivity contribution >= 4 is 43.7 Å². The monoisotopic (exact) mass is 652 g/mol. The zero-order valence-electron chi connectivity index (χ0n) is 27.4. The van der Waals surface area contributed by atoms with Crippen molar-refractivity contribution in [2.45, 2.75) is 0 Å². The minimum atomic E-state index is 0.599. The number of para-hydroxylation sites is 1. The van der Waals surface area contributed by atoms with Crippen molar-refractivity contribution in [3.8, 4) is 56.4 Å². The Kier molecular flexibility index (Phi) is 6.74. The van der Waals surface area contributed by atoms with Gasteiger partial charge in [0.1, 0.15) is 5.58 Å². The van der Waals surface area contributed by atoms with E-state index >= 15 is 0 Å². The molecule has 0 saturated heterocycles. The van der Waals surface area contributed by atoms with Gasteiger partial charge in [0, 0.05) is 38.4 Å². The number of fused-ring (bicyclic) bond motifs is 5. The predicted molar refractivity (Wildman–Crippen MR) is 207 cm³/mol. The third-order valence-corrected chi connectivity index (χ3v) is 9.53. The number of nitrogens with zero attached hydrogens (tertiary/aromatic N) is 4. The number of hydrogen-bond acceptors (Lipinski definition) is 5. The van der Waals surface area contributed by atoms with Crippen LogP contribution in [0.3, 0.4) is 0 Å². The normalized spacial score (nSPS) is 11.5. The number of hydrogen-bond donors (Lipinski definition) is 0. The van der Waals surface area contributed by atoms with E-state index in [4.69, 9.17) is 24.4 Å². The molecule has 10 rings (SSSR count). The van der Waals surface area contributed by atoms with E-state index in [1.165, 1.54) is 10.8 Å².